The van der Waals surface area contributed by atoms with Crippen molar-refractivity contribution in [3.05, 3.63) is 27.4 Å². The molecule has 0 aliphatic rings. The van der Waals surface area contributed by atoms with Gasteiger partial charge in [-0.3, -0.25) is 0 Å². The van der Waals surface area contributed by atoms with E-state index in [0.29, 0.717) is 10.6 Å². The third-order valence-electron chi connectivity index (χ3n) is 1.80. The van der Waals surface area contributed by atoms with Crippen LogP contribution in [-0.4, -0.2) is 17.3 Å². The second kappa shape index (κ2) is 4.32. The van der Waals surface area contributed by atoms with Gasteiger partial charge in [-0.15, -0.1) is 0 Å². The van der Waals surface area contributed by atoms with E-state index in [1.54, 1.807) is 7.11 Å². The molecule has 0 amide bonds. The molecular weight excluding hydrogens is 328 g/mol. The van der Waals surface area contributed by atoms with Gasteiger partial charge in [0.05, 0.1) is 11.6 Å². The van der Waals surface area contributed by atoms with Gasteiger partial charge in [0.1, 0.15) is 5.75 Å². The Morgan fingerprint density at radius 1 is 1.33 bits per heavy atom. The molecule has 2 aromatic rings. The van der Waals surface area contributed by atoms with Gasteiger partial charge in [0.15, 0.2) is 0 Å². The molecule has 0 radical (unpaired) electrons. The number of benzene rings is 1. The van der Waals surface area contributed by atoms with Crippen molar-refractivity contribution in [2.24, 2.45) is 0 Å². The van der Waals surface area contributed by atoms with Crippen molar-refractivity contribution in [1.29, 1.82) is 0 Å². The van der Waals surface area contributed by atoms with Crippen LogP contribution in [0.1, 0.15) is 0 Å². The highest BCUT2D eigenvalue weighted by Gasteiger charge is 2.09. The maximum atomic E-state index is 5.12. The first-order valence-corrected chi connectivity index (χ1v) is 5.62. The maximum absolute atomic E-state index is 5.12. The predicted octanol–water partition coefficient (Wildman–Crippen LogP) is 3.27. The summed E-state index contributed by atoms with van der Waals surface area (Å²) in [5.41, 5.74) is 0.834. The van der Waals surface area contributed by atoms with Crippen LogP contribution in [0.2, 0.25) is 0 Å². The molecule has 2 rings (SSSR count). The standard InChI is InChI=1S/C9H6Br2N2O2/c1-14-7-3-2-5(4-6(7)10)8-12-9(11)13-15-8/h2-4H,1H3. The van der Waals surface area contributed by atoms with Crippen LogP contribution in [-0.2, 0) is 0 Å². The molecule has 0 unspecified atom stereocenters. The minimum Gasteiger partial charge on any atom is -0.496 e. The molecule has 78 valence electrons. The first-order chi connectivity index (χ1) is 7.20. The summed E-state index contributed by atoms with van der Waals surface area (Å²) in [7, 11) is 1.61. The van der Waals surface area contributed by atoms with Crippen molar-refractivity contribution in [2.45, 2.75) is 0 Å². The third-order valence-corrected chi connectivity index (χ3v) is 2.74. The monoisotopic (exact) mass is 332 g/mol. The molecule has 15 heavy (non-hydrogen) atoms. The zero-order valence-corrected chi connectivity index (χ0v) is 10.9. The maximum Gasteiger partial charge on any atom is 0.258 e. The highest BCUT2D eigenvalue weighted by atomic mass is 79.9. The average molecular weight is 334 g/mol. The number of methoxy groups -OCH3 is 1. The van der Waals surface area contributed by atoms with Crippen LogP contribution < -0.4 is 4.74 Å². The number of rotatable bonds is 2. The van der Waals surface area contributed by atoms with Crippen molar-refractivity contribution in [2.75, 3.05) is 7.11 Å². The van der Waals surface area contributed by atoms with E-state index >= 15 is 0 Å². The molecule has 1 aromatic heterocycles. The fraction of sp³-hybridized carbons (Fsp3) is 0.111. The zero-order chi connectivity index (χ0) is 10.8. The van der Waals surface area contributed by atoms with Crippen LogP contribution in [0.25, 0.3) is 11.5 Å². The summed E-state index contributed by atoms with van der Waals surface area (Å²) in [5.74, 6) is 1.22. The van der Waals surface area contributed by atoms with Gasteiger partial charge in [0.25, 0.3) is 5.89 Å². The lowest BCUT2D eigenvalue weighted by Gasteiger charge is -2.03. The molecular formula is C9H6Br2N2O2. The van der Waals surface area contributed by atoms with Gasteiger partial charge in [-0.1, -0.05) is 0 Å². The van der Waals surface area contributed by atoms with Gasteiger partial charge in [-0.2, -0.15) is 4.98 Å². The van der Waals surface area contributed by atoms with E-state index in [0.717, 1.165) is 15.8 Å². The molecule has 4 nitrogen and oxygen atoms in total. The largest absolute Gasteiger partial charge is 0.496 e. The van der Waals surface area contributed by atoms with E-state index < -0.39 is 0 Å². The summed E-state index contributed by atoms with van der Waals surface area (Å²) in [4.78, 5) is 4.05. The van der Waals surface area contributed by atoms with E-state index in [-0.39, 0.29) is 0 Å². The Hall–Kier alpha value is -0.880. The molecule has 1 heterocycles. The Labute approximate surface area is 103 Å². The fourth-order valence-corrected chi connectivity index (χ4v) is 1.90. The Morgan fingerprint density at radius 2 is 2.13 bits per heavy atom. The smallest absolute Gasteiger partial charge is 0.258 e. The predicted molar refractivity (Wildman–Crippen MR) is 61.7 cm³/mol. The SMILES string of the molecule is COc1ccc(-c2nc(Br)no2)cc1Br. The molecule has 1 aromatic carbocycles. The molecule has 0 aliphatic carbocycles. The van der Waals surface area contributed by atoms with Crippen LogP contribution in [0.15, 0.2) is 31.9 Å². The summed E-state index contributed by atoms with van der Waals surface area (Å²) in [6.45, 7) is 0. The number of halogens is 2. The number of hydrogen-bond donors (Lipinski definition) is 0. The third kappa shape index (κ3) is 2.21. The summed E-state index contributed by atoms with van der Waals surface area (Å²) in [6, 6.07) is 5.54. The first kappa shape index (κ1) is 10.6. The number of aromatic nitrogens is 2. The van der Waals surface area contributed by atoms with Crippen LogP contribution in [0, 0.1) is 0 Å². The summed E-state index contributed by atoms with van der Waals surface area (Å²) < 4.78 is 11.4. The molecule has 6 heteroatoms. The van der Waals surface area contributed by atoms with E-state index in [1.807, 2.05) is 18.2 Å². The Morgan fingerprint density at radius 3 is 2.67 bits per heavy atom. The van der Waals surface area contributed by atoms with Gasteiger partial charge >= 0.3 is 0 Å². The van der Waals surface area contributed by atoms with E-state index in [4.69, 9.17) is 9.26 Å². The average Bonchev–Trinajstić information content (AvgIpc) is 2.65. The van der Waals surface area contributed by atoms with Crippen molar-refractivity contribution in [1.82, 2.24) is 10.1 Å². The van der Waals surface area contributed by atoms with Crippen LogP contribution in [0.5, 0.6) is 5.75 Å². The zero-order valence-electron chi connectivity index (χ0n) is 7.70. The van der Waals surface area contributed by atoms with Gasteiger partial charge in [-0.25, -0.2) is 0 Å². The molecule has 0 saturated heterocycles. The molecule has 0 N–H and O–H groups in total. The summed E-state index contributed by atoms with van der Waals surface area (Å²) in [5, 5.41) is 3.65. The van der Waals surface area contributed by atoms with Gasteiger partial charge < -0.3 is 9.26 Å². The number of hydrogen-bond acceptors (Lipinski definition) is 4. The summed E-state index contributed by atoms with van der Waals surface area (Å²) >= 11 is 6.51. The van der Waals surface area contributed by atoms with Crippen LogP contribution in [0.4, 0.5) is 0 Å². The lowest BCUT2D eigenvalue weighted by Crippen LogP contribution is -1.85. The van der Waals surface area contributed by atoms with Crippen molar-refractivity contribution < 1.29 is 9.26 Å². The van der Waals surface area contributed by atoms with Crippen LogP contribution in [0.3, 0.4) is 0 Å². The van der Waals surface area contributed by atoms with Gasteiger partial charge in [0, 0.05) is 5.56 Å². The first-order valence-electron chi connectivity index (χ1n) is 4.04. The number of ether oxygens (including phenoxy) is 1. The molecule has 0 aliphatic heterocycles. The molecule has 0 spiro atoms. The van der Waals surface area contributed by atoms with Gasteiger partial charge in [0.2, 0.25) is 4.73 Å². The minimum absolute atomic E-state index is 0.435. The van der Waals surface area contributed by atoms with Crippen molar-refractivity contribution >= 4 is 31.9 Å². The second-order valence-corrected chi connectivity index (χ2v) is 4.28. The van der Waals surface area contributed by atoms with E-state index in [1.165, 1.54) is 0 Å². The van der Waals surface area contributed by atoms with Crippen molar-refractivity contribution in [3.8, 4) is 17.2 Å². The number of nitrogens with zero attached hydrogens (tertiary/aromatic N) is 2. The highest BCUT2D eigenvalue weighted by molar-refractivity contribution is 9.10. The molecule has 0 fully saturated rings. The normalized spacial score (nSPS) is 10.3. The second-order valence-electron chi connectivity index (χ2n) is 2.72. The van der Waals surface area contributed by atoms with Crippen molar-refractivity contribution in [3.63, 3.8) is 0 Å². The Balaban J connectivity index is 2.42. The molecule has 0 atom stereocenters. The Kier molecular flexibility index (Phi) is 3.06. The van der Waals surface area contributed by atoms with E-state index in [9.17, 15) is 0 Å². The molecule has 0 saturated carbocycles. The highest BCUT2D eigenvalue weighted by Crippen LogP contribution is 2.29. The van der Waals surface area contributed by atoms with Crippen LogP contribution >= 0.6 is 31.9 Å². The Bertz CT molecular complexity index is 485. The summed E-state index contributed by atoms with van der Waals surface area (Å²) in [6.07, 6.45) is 0. The fourth-order valence-electron chi connectivity index (χ4n) is 1.12. The molecule has 0 bridgehead atoms. The van der Waals surface area contributed by atoms with Gasteiger partial charge in [-0.05, 0) is 55.2 Å². The minimum atomic E-state index is 0.435. The quantitative estimate of drug-likeness (QED) is 0.846. The lowest BCUT2D eigenvalue weighted by molar-refractivity contribution is 0.411. The topological polar surface area (TPSA) is 48.2 Å². The lowest BCUT2D eigenvalue weighted by atomic mass is 10.2. The van der Waals surface area contributed by atoms with E-state index in [2.05, 4.69) is 42.0 Å².